The third-order valence-corrected chi connectivity index (χ3v) is 3.89. The monoisotopic (exact) mass is 335 g/mol. The third-order valence-electron chi connectivity index (χ3n) is 3.89. The summed E-state index contributed by atoms with van der Waals surface area (Å²) < 4.78 is 5.38. The van der Waals surface area contributed by atoms with Gasteiger partial charge in [0.1, 0.15) is 6.29 Å². The van der Waals surface area contributed by atoms with Crippen molar-refractivity contribution in [2.75, 3.05) is 13.1 Å². The first kappa shape index (κ1) is 17.6. The van der Waals surface area contributed by atoms with E-state index in [1.807, 2.05) is 12.1 Å². The Balaban J connectivity index is 0.00000192. The van der Waals surface area contributed by atoms with E-state index in [-0.39, 0.29) is 12.4 Å². The summed E-state index contributed by atoms with van der Waals surface area (Å²) in [6, 6.07) is 7.20. The highest BCUT2D eigenvalue weighted by Gasteiger charge is 2.25. The number of nitrogens with zero attached hydrogens (tertiary/aromatic N) is 3. The molecule has 1 aliphatic carbocycles. The van der Waals surface area contributed by atoms with Gasteiger partial charge in [0.05, 0.1) is 6.54 Å². The van der Waals surface area contributed by atoms with E-state index in [4.69, 9.17) is 4.52 Å². The van der Waals surface area contributed by atoms with Gasteiger partial charge < -0.3 is 4.52 Å². The summed E-state index contributed by atoms with van der Waals surface area (Å²) in [5.41, 5.74) is 1.51. The molecule has 2 aromatic rings. The zero-order valence-electron chi connectivity index (χ0n) is 13.3. The minimum Gasteiger partial charge on any atom is -0.338 e. The predicted molar refractivity (Wildman–Crippen MR) is 90.7 cm³/mol. The third kappa shape index (κ3) is 4.88. The van der Waals surface area contributed by atoms with Gasteiger partial charge in [-0.05, 0) is 31.7 Å². The van der Waals surface area contributed by atoms with Crippen molar-refractivity contribution in [1.82, 2.24) is 15.0 Å². The molecule has 5 nitrogen and oxygen atoms in total. The van der Waals surface area contributed by atoms with Gasteiger partial charge in [-0.2, -0.15) is 4.98 Å². The molecule has 0 unspecified atom stereocenters. The van der Waals surface area contributed by atoms with Crippen LogP contribution in [0, 0.1) is 5.92 Å². The molecule has 1 aromatic carbocycles. The fraction of sp³-hybridized carbons (Fsp3) is 0.471. The molecule has 1 saturated carbocycles. The molecule has 1 aromatic heterocycles. The summed E-state index contributed by atoms with van der Waals surface area (Å²) in [6.07, 6.45) is 4.64. The van der Waals surface area contributed by atoms with Crippen LogP contribution in [0.1, 0.15) is 42.4 Å². The number of carbonyl (C=O) groups is 1. The largest absolute Gasteiger partial charge is 0.338 e. The van der Waals surface area contributed by atoms with Gasteiger partial charge in [-0.1, -0.05) is 36.3 Å². The second kappa shape index (κ2) is 8.22. The Morgan fingerprint density at radius 1 is 1.30 bits per heavy atom. The maximum Gasteiger partial charge on any atom is 0.241 e. The van der Waals surface area contributed by atoms with E-state index < -0.39 is 0 Å². The van der Waals surface area contributed by atoms with E-state index in [0.29, 0.717) is 23.8 Å². The highest BCUT2D eigenvalue weighted by molar-refractivity contribution is 5.85. The first-order valence-electron chi connectivity index (χ1n) is 7.89. The van der Waals surface area contributed by atoms with Crippen molar-refractivity contribution in [1.29, 1.82) is 0 Å². The minimum atomic E-state index is 0. The number of aldehydes is 1. The van der Waals surface area contributed by atoms with Gasteiger partial charge in [0.2, 0.25) is 11.7 Å². The van der Waals surface area contributed by atoms with Crippen LogP contribution in [0.15, 0.2) is 28.8 Å². The van der Waals surface area contributed by atoms with Crippen LogP contribution in [0.5, 0.6) is 0 Å². The summed E-state index contributed by atoms with van der Waals surface area (Å²) >= 11 is 0. The molecule has 23 heavy (non-hydrogen) atoms. The maximum atomic E-state index is 10.7. The minimum absolute atomic E-state index is 0. The Morgan fingerprint density at radius 3 is 2.65 bits per heavy atom. The van der Waals surface area contributed by atoms with Crippen molar-refractivity contribution in [2.24, 2.45) is 5.92 Å². The van der Waals surface area contributed by atoms with Crippen molar-refractivity contribution in [2.45, 2.75) is 32.7 Å². The van der Waals surface area contributed by atoms with Crippen LogP contribution >= 0.6 is 12.4 Å². The van der Waals surface area contributed by atoms with Crippen molar-refractivity contribution >= 4 is 18.7 Å². The lowest BCUT2D eigenvalue weighted by Crippen LogP contribution is -2.26. The van der Waals surface area contributed by atoms with E-state index in [0.717, 1.165) is 37.3 Å². The van der Waals surface area contributed by atoms with Gasteiger partial charge in [0, 0.05) is 17.7 Å². The lowest BCUT2D eigenvalue weighted by molar-refractivity contribution is 0.112. The standard InChI is InChI=1S/C17H21N3O2.ClH/c1-2-9-20(10-13-3-4-13)11-16-18-17(19-22-16)15-7-5-14(12-21)6-8-15;/h5-8,12-13H,2-4,9-11H2,1H3;1H. The normalized spacial score (nSPS) is 13.8. The van der Waals surface area contributed by atoms with E-state index in [9.17, 15) is 4.79 Å². The molecule has 1 fully saturated rings. The number of rotatable bonds is 8. The van der Waals surface area contributed by atoms with Crippen molar-refractivity contribution in [3.8, 4) is 11.4 Å². The number of hydrogen-bond acceptors (Lipinski definition) is 5. The van der Waals surface area contributed by atoms with Crippen molar-refractivity contribution < 1.29 is 9.32 Å². The Labute approximate surface area is 142 Å². The number of carbonyl (C=O) groups excluding carboxylic acids is 1. The first-order chi connectivity index (χ1) is 10.8. The number of benzene rings is 1. The fourth-order valence-electron chi connectivity index (χ4n) is 2.56. The molecule has 1 aliphatic rings. The highest BCUT2D eigenvalue weighted by Crippen LogP contribution is 2.30. The number of aromatic nitrogens is 2. The fourth-order valence-corrected chi connectivity index (χ4v) is 2.56. The average molecular weight is 336 g/mol. The molecule has 124 valence electrons. The maximum absolute atomic E-state index is 10.7. The lowest BCUT2D eigenvalue weighted by atomic mass is 10.1. The molecular formula is C17H22ClN3O2. The van der Waals surface area contributed by atoms with E-state index in [1.54, 1.807) is 12.1 Å². The predicted octanol–water partition coefficient (Wildman–Crippen LogP) is 3.59. The zero-order chi connectivity index (χ0) is 15.4. The summed E-state index contributed by atoms with van der Waals surface area (Å²) in [7, 11) is 0. The van der Waals surface area contributed by atoms with Crippen LogP contribution in [0.2, 0.25) is 0 Å². The van der Waals surface area contributed by atoms with Crippen molar-refractivity contribution in [3.63, 3.8) is 0 Å². The Kier molecular flexibility index (Phi) is 6.30. The van der Waals surface area contributed by atoms with Gasteiger partial charge >= 0.3 is 0 Å². The van der Waals surface area contributed by atoms with Gasteiger partial charge in [-0.25, -0.2) is 0 Å². The van der Waals surface area contributed by atoms with Crippen LogP contribution in [0.4, 0.5) is 0 Å². The van der Waals surface area contributed by atoms with Crippen LogP contribution < -0.4 is 0 Å². The lowest BCUT2D eigenvalue weighted by Gasteiger charge is -2.18. The average Bonchev–Trinajstić information content (AvgIpc) is 3.23. The van der Waals surface area contributed by atoms with Gasteiger partial charge in [0.15, 0.2) is 0 Å². The molecule has 0 N–H and O–H groups in total. The van der Waals surface area contributed by atoms with E-state index in [2.05, 4.69) is 22.0 Å². The Hall–Kier alpha value is -1.72. The van der Waals surface area contributed by atoms with Gasteiger partial charge in [0.25, 0.3) is 0 Å². The number of hydrogen-bond donors (Lipinski definition) is 0. The van der Waals surface area contributed by atoms with Gasteiger partial charge in [-0.3, -0.25) is 9.69 Å². The van der Waals surface area contributed by atoms with Gasteiger partial charge in [-0.15, -0.1) is 12.4 Å². The molecule has 0 radical (unpaired) electrons. The zero-order valence-corrected chi connectivity index (χ0v) is 14.1. The van der Waals surface area contributed by atoms with E-state index in [1.165, 1.54) is 12.8 Å². The topological polar surface area (TPSA) is 59.2 Å². The number of halogens is 1. The van der Waals surface area contributed by atoms with E-state index >= 15 is 0 Å². The molecule has 0 spiro atoms. The second-order valence-corrected chi connectivity index (χ2v) is 5.93. The van der Waals surface area contributed by atoms with Crippen LogP contribution in [-0.4, -0.2) is 34.4 Å². The molecule has 3 rings (SSSR count). The highest BCUT2D eigenvalue weighted by atomic mass is 35.5. The Morgan fingerprint density at radius 2 is 2.04 bits per heavy atom. The van der Waals surface area contributed by atoms with Crippen LogP contribution in [-0.2, 0) is 6.54 Å². The Bertz CT molecular complexity index is 623. The summed E-state index contributed by atoms with van der Waals surface area (Å²) in [6.45, 7) is 5.08. The molecule has 0 atom stereocenters. The first-order valence-corrected chi connectivity index (χ1v) is 7.89. The molecule has 0 amide bonds. The smallest absolute Gasteiger partial charge is 0.241 e. The molecule has 6 heteroatoms. The molecule has 0 saturated heterocycles. The molecule has 0 aliphatic heterocycles. The quantitative estimate of drug-likeness (QED) is 0.690. The molecule has 1 heterocycles. The summed E-state index contributed by atoms with van der Waals surface area (Å²) in [4.78, 5) is 17.6. The second-order valence-electron chi connectivity index (χ2n) is 5.93. The van der Waals surface area contributed by atoms with Crippen LogP contribution in [0.25, 0.3) is 11.4 Å². The molecule has 0 bridgehead atoms. The summed E-state index contributed by atoms with van der Waals surface area (Å²) in [5.74, 6) is 2.09. The molecular weight excluding hydrogens is 314 g/mol. The SMILES string of the molecule is CCCN(Cc1nc(-c2ccc(C=O)cc2)no1)CC1CC1.Cl. The van der Waals surface area contributed by atoms with Crippen LogP contribution in [0.3, 0.4) is 0 Å². The summed E-state index contributed by atoms with van der Waals surface area (Å²) in [5, 5.41) is 4.05. The van der Waals surface area contributed by atoms with Crippen molar-refractivity contribution in [3.05, 3.63) is 35.7 Å².